The Morgan fingerprint density at radius 2 is 2.15 bits per heavy atom. The molecule has 0 bridgehead atoms. The van der Waals surface area contributed by atoms with E-state index in [1.807, 2.05) is 0 Å². The molecule has 0 heterocycles. The molecule has 2 unspecified atom stereocenters. The van der Waals surface area contributed by atoms with Crippen molar-refractivity contribution < 1.29 is 9.90 Å². The van der Waals surface area contributed by atoms with Crippen LogP contribution < -0.4 is 11.1 Å². The first-order valence-electron chi connectivity index (χ1n) is 6.40. The van der Waals surface area contributed by atoms with Crippen molar-refractivity contribution in [2.24, 2.45) is 5.73 Å². The minimum Gasteiger partial charge on any atom is -0.392 e. The number of nitrogens with two attached hydrogens (primary N) is 1. The van der Waals surface area contributed by atoms with Crippen molar-refractivity contribution >= 4 is 28.8 Å². The summed E-state index contributed by atoms with van der Waals surface area (Å²) in [6.07, 6.45) is -0.479. The fraction of sp³-hybridized carbons (Fsp3) is 0.429. The molecule has 20 heavy (non-hydrogen) atoms. The average molecular weight is 295 g/mol. The molecule has 0 radical (unpaired) electrons. The maximum atomic E-state index is 12.1. The standard InChI is InChI=1S/C14H21N3O2S/c1-9(18)8-17(3)10(2)14(19)16-12-6-4-5-11(7-12)13(15)20/h4-7,9-10,18H,8H2,1-3H3,(H2,15,20)(H,16,19). The van der Waals surface area contributed by atoms with E-state index in [1.165, 1.54) is 0 Å². The topological polar surface area (TPSA) is 78.6 Å². The van der Waals surface area contributed by atoms with Gasteiger partial charge >= 0.3 is 0 Å². The Hall–Kier alpha value is -1.50. The largest absolute Gasteiger partial charge is 0.392 e. The Labute approximate surface area is 124 Å². The molecule has 0 saturated carbocycles. The number of thiocarbonyl (C=S) groups is 1. The number of carbonyl (C=O) groups excluding carboxylic acids is 1. The molecule has 6 heteroatoms. The third-order valence-corrected chi connectivity index (χ3v) is 3.24. The molecule has 0 saturated heterocycles. The SMILES string of the molecule is CC(O)CN(C)C(C)C(=O)Nc1cccc(C(N)=S)c1. The number of rotatable bonds is 6. The molecular weight excluding hydrogens is 274 g/mol. The number of hydrogen-bond acceptors (Lipinski definition) is 4. The van der Waals surface area contributed by atoms with Crippen LogP contribution in [0, 0.1) is 0 Å². The molecule has 110 valence electrons. The van der Waals surface area contributed by atoms with Crippen molar-refractivity contribution in [2.45, 2.75) is 26.0 Å². The monoisotopic (exact) mass is 295 g/mol. The van der Waals surface area contributed by atoms with Gasteiger partial charge in [-0.3, -0.25) is 9.69 Å². The van der Waals surface area contributed by atoms with E-state index in [2.05, 4.69) is 5.32 Å². The highest BCUT2D eigenvalue weighted by molar-refractivity contribution is 7.80. The lowest BCUT2D eigenvalue weighted by atomic mass is 10.2. The van der Waals surface area contributed by atoms with Crippen LogP contribution in [0.4, 0.5) is 5.69 Å². The molecule has 0 fully saturated rings. The van der Waals surface area contributed by atoms with E-state index in [-0.39, 0.29) is 11.9 Å². The number of benzene rings is 1. The summed E-state index contributed by atoms with van der Waals surface area (Å²) in [5, 5.41) is 12.2. The number of anilines is 1. The van der Waals surface area contributed by atoms with Gasteiger partial charge in [0.2, 0.25) is 5.91 Å². The molecule has 0 aliphatic carbocycles. The second-order valence-electron chi connectivity index (χ2n) is 4.90. The predicted molar refractivity (Wildman–Crippen MR) is 84.7 cm³/mol. The van der Waals surface area contributed by atoms with Crippen molar-refractivity contribution in [3.8, 4) is 0 Å². The highest BCUT2D eigenvalue weighted by Crippen LogP contribution is 2.12. The minimum atomic E-state index is -0.479. The Kier molecular flexibility index (Phi) is 6.06. The van der Waals surface area contributed by atoms with Gasteiger partial charge in [-0.25, -0.2) is 0 Å². The van der Waals surface area contributed by atoms with Crippen molar-refractivity contribution in [3.63, 3.8) is 0 Å². The fourth-order valence-electron chi connectivity index (χ4n) is 1.77. The summed E-state index contributed by atoms with van der Waals surface area (Å²) in [7, 11) is 1.79. The Balaban J connectivity index is 2.70. The Morgan fingerprint density at radius 3 is 2.70 bits per heavy atom. The van der Waals surface area contributed by atoms with Crippen molar-refractivity contribution in [1.82, 2.24) is 4.90 Å². The zero-order valence-electron chi connectivity index (χ0n) is 12.0. The number of aliphatic hydroxyl groups is 1. The number of likely N-dealkylation sites (N-methyl/N-ethyl adjacent to an activating group) is 1. The van der Waals surface area contributed by atoms with E-state index < -0.39 is 6.10 Å². The Bertz CT molecular complexity index is 491. The van der Waals surface area contributed by atoms with E-state index in [1.54, 1.807) is 50.1 Å². The first-order chi connectivity index (χ1) is 9.31. The first-order valence-corrected chi connectivity index (χ1v) is 6.81. The van der Waals surface area contributed by atoms with Crippen LogP contribution in [0.1, 0.15) is 19.4 Å². The molecule has 1 aromatic rings. The van der Waals surface area contributed by atoms with Crippen LogP contribution in [0.15, 0.2) is 24.3 Å². The summed E-state index contributed by atoms with van der Waals surface area (Å²) < 4.78 is 0. The van der Waals surface area contributed by atoms with Crippen LogP contribution in [-0.2, 0) is 4.79 Å². The zero-order chi connectivity index (χ0) is 15.3. The fourth-order valence-corrected chi connectivity index (χ4v) is 1.90. The number of amides is 1. The van der Waals surface area contributed by atoms with Crippen LogP contribution in [-0.4, -0.2) is 46.6 Å². The lowest BCUT2D eigenvalue weighted by Gasteiger charge is -2.25. The molecular formula is C14H21N3O2S. The number of carbonyl (C=O) groups is 1. The van der Waals surface area contributed by atoms with Crippen LogP contribution in [0.5, 0.6) is 0 Å². The molecule has 1 amide bonds. The highest BCUT2D eigenvalue weighted by atomic mass is 32.1. The second kappa shape index (κ2) is 7.33. The molecule has 0 spiro atoms. The second-order valence-corrected chi connectivity index (χ2v) is 5.34. The maximum absolute atomic E-state index is 12.1. The minimum absolute atomic E-state index is 0.145. The number of hydrogen-bond donors (Lipinski definition) is 3. The van der Waals surface area contributed by atoms with Crippen molar-refractivity contribution in [1.29, 1.82) is 0 Å². The summed E-state index contributed by atoms with van der Waals surface area (Å²) in [5.74, 6) is -0.145. The quantitative estimate of drug-likeness (QED) is 0.681. The van der Waals surface area contributed by atoms with E-state index in [0.717, 1.165) is 0 Å². The van der Waals surface area contributed by atoms with Crippen molar-refractivity contribution in [3.05, 3.63) is 29.8 Å². The lowest BCUT2D eigenvalue weighted by Crippen LogP contribution is -2.42. The van der Waals surface area contributed by atoms with Gasteiger partial charge in [-0.05, 0) is 33.0 Å². The van der Waals surface area contributed by atoms with Crippen LogP contribution in [0.25, 0.3) is 0 Å². The van der Waals surface area contributed by atoms with Gasteiger partial charge in [0.25, 0.3) is 0 Å². The molecule has 1 aromatic carbocycles. The highest BCUT2D eigenvalue weighted by Gasteiger charge is 2.19. The van der Waals surface area contributed by atoms with Gasteiger partial charge in [-0.15, -0.1) is 0 Å². The van der Waals surface area contributed by atoms with E-state index in [9.17, 15) is 9.90 Å². The molecule has 1 rings (SSSR count). The maximum Gasteiger partial charge on any atom is 0.241 e. The Morgan fingerprint density at radius 1 is 1.50 bits per heavy atom. The van der Waals surface area contributed by atoms with Gasteiger partial charge in [0.1, 0.15) is 4.99 Å². The molecule has 0 aromatic heterocycles. The molecule has 5 nitrogen and oxygen atoms in total. The molecule has 4 N–H and O–H groups in total. The normalized spacial score (nSPS) is 13.8. The summed E-state index contributed by atoms with van der Waals surface area (Å²) in [4.78, 5) is 14.2. The summed E-state index contributed by atoms with van der Waals surface area (Å²) >= 11 is 4.90. The lowest BCUT2D eigenvalue weighted by molar-refractivity contribution is -0.120. The third kappa shape index (κ3) is 4.88. The molecule has 2 atom stereocenters. The third-order valence-electron chi connectivity index (χ3n) is 3.01. The van der Waals surface area contributed by atoms with Gasteiger partial charge in [0, 0.05) is 17.8 Å². The average Bonchev–Trinajstić information content (AvgIpc) is 2.37. The van der Waals surface area contributed by atoms with E-state index in [4.69, 9.17) is 18.0 Å². The van der Waals surface area contributed by atoms with Crippen LogP contribution in [0.2, 0.25) is 0 Å². The van der Waals surface area contributed by atoms with Gasteiger partial charge in [0.15, 0.2) is 0 Å². The van der Waals surface area contributed by atoms with Crippen molar-refractivity contribution in [2.75, 3.05) is 18.9 Å². The first kappa shape index (κ1) is 16.6. The summed E-state index contributed by atoms with van der Waals surface area (Å²) in [5.41, 5.74) is 6.92. The molecule has 0 aliphatic rings. The molecule has 0 aliphatic heterocycles. The van der Waals surface area contributed by atoms with Gasteiger partial charge < -0.3 is 16.2 Å². The van der Waals surface area contributed by atoms with E-state index in [0.29, 0.717) is 22.8 Å². The van der Waals surface area contributed by atoms with Crippen LogP contribution >= 0.6 is 12.2 Å². The van der Waals surface area contributed by atoms with E-state index >= 15 is 0 Å². The number of aliphatic hydroxyl groups excluding tert-OH is 1. The van der Waals surface area contributed by atoms with Gasteiger partial charge in [-0.2, -0.15) is 0 Å². The number of nitrogens with zero attached hydrogens (tertiary/aromatic N) is 1. The van der Waals surface area contributed by atoms with Gasteiger partial charge in [-0.1, -0.05) is 24.4 Å². The number of nitrogens with one attached hydrogen (secondary N) is 1. The van der Waals surface area contributed by atoms with Crippen LogP contribution in [0.3, 0.4) is 0 Å². The summed E-state index contributed by atoms with van der Waals surface area (Å²) in [6.45, 7) is 3.91. The smallest absolute Gasteiger partial charge is 0.241 e. The zero-order valence-corrected chi connectivity index (χ0v) is 12.8. The summed E-state index contributed by atoms with van der Waals surface area (Å²) in [6, 6.07) is 6.75. The van der Waals surface area contributed by atoms with Gasteiger partial charge in [0.05, 0.1) is 12.1 Å². The predicted octanol–water partition coefficient (Wildman–Crippen LogP) is 0.960.